The molecule has 3 heterocycles. The number of aliphatic hydroxyl groups is 1. The Labute approximate surface area is 271 Å². The molecule has 0 bridgehead atoms. The van der Waals surface area contributed by atoms with Crippen molar-refractivity contribution in [3.8, 4) is 22.8 Å². The van der Waals surface area contributed by atoms with Gasteiger partial charge in [-0.25, -0.2) is 9.37 Å². The van der Waals surface area contributed by atoms with Gasteiger partial charge in [-0.1, -0.05) is 18.0 Å². The molecule has 47 heavy (non-hydrogen) atoms. The Morgan fingerprint density at radius 3 is 2.55 bits per heavy atom. The second-order valence-corrected chi connectivity index (χ2v) is 12.5. The first-order chi connectivity index (χ1) is 22.2. The maximum absolute atomic E-state index is 14.1. The van der Waals surface area contributed by atoms with Crippen molar-refractivity contribution in [2.24, 2.45) is 11.7 Å². The molecule has 9 nitrogen and oxygen atoms in total. The fourth-order valence-corrected chi connectivity index (χ4v) is 6.13. The molecular weight excluding hydrogens is 644 g/mol. The van der Waals surface area contributed by atoms with Crippen LogP contribution < -0.4 is 20.5 Å². The Balaban J connectivity index is 1.41. The Bertz CT molecular complexity index is 1940. The Hall–Kier alpha value is -4.49. The number of primary amides is 1. The number of alkyl halides is 3. The van der Waals surface area contributed by atoms with Crippen LogP contribution in [0.5, 0.6) is 11.5 Å². The molecule has 14 heteroatoms. The molecule has 2 aromatic heterocycles. The first-order valence-electron chi connectivity index (χ1n) is 14.7. The highest BCUT2D eigenvalue weighted by Gasteiger charge is 2.48. The minimum absolute atomic E-state index is 0.0234. The summed E-state index contributed by atoms with van der Waals surface area (Å²) in [5.74, 6) is -2.07. The first-order valence-corrected chi connectivity index (χ1v) is 15.0. The van der Waals surface area contributed by atoms with Gasteiger partial charge in [0, 0.05) is 28.3 Å². The smallest absolute Gasteiger partial charge is 0.417 e. The average Bonchev–Trinajstić information content (AvgIpc) is 3.36. The number of pyridine rings is 2. The lowest BCUT2D eigenvalue weighted by atomic mass is 9.70. The number of amides is 2. The van der Waals surface area contributed by atoms with Gasteiger partial charge in [0.25, 0.3) is 5.91 Å². The van der Waals surface area contributed by atoms with E-state index in [1.54, 1.807) is 6.92 Å². The zero-order valence-corrected chi connectivity index (χ0v) is 25.9. The molecule has 6 rings (SSSR count). The maximum atomic E-state index is 14.1. The number of nitrogens with two attached hydrogens (primary N) is 1. The number of benzene rings is 2. The monoisotopic (exact) mass is 672 g/mol. The molecule has 2 atom stereocenters. The number of fused-ring (bicyclic) bond motifs is 2. The van der Waals surface area contributed by atoms with Gasteiger partial charge in [-0.3, -0.25) is 14.6 Å². The van der Waals surface area contributed by atoms with E-state index in [2.05, 4.69) is 10.3 Å². The van der Waals surface area contributed by atoms with Crippen LogP contribution >= 0.6 is 11.6 Å². The van der Waals surface area contributed by atoms with Crippen LogP contribution in [0.4, 0.5) is 17.6 Å². The third kappa shape index (κ3) is 5.61. The topological polar surface area (TPSA) is 137 Å². The van der Waals surface area contributed by atoms with E-state index >= 15 is 0 Å². The molecule has 0 saturated heterocycles. The normalized spacial score (nSPS) is 19.0. The summed E-state index contributed by atoms with van der Waals surface area (Å²) in [5.41, 5.74) is 2.89. The number of halogens is 5. The van der Waals surface area contributed by atoms with Crippen LogP contribution in [0.2, 0.25) is 5.02 Å². The van der Waals surface area contributed by atoms with Gasteiger partial charge in [-0.15, -0.1) is 0 Å². The number of methoxy groups -OCH3 is 1. The molecule has 0 unspecified atom stereocenters. The van der Waals surface area contributed by atoms with Crippen LogP contribution in [0.15, 0.2) is 48.7 Å². The Morgan fingerprint density at radius 2 is 1.94 bits per heavy atom. The molecular formula is C33H29ClF4N4O5. The van der Waals surface area contributed by atoms with E-state index in [-0.39, 0.29) is 63.4 Å². The van der Waals surface area contributed by atoms with Crippen molar-refractivity contribution in [1.82, 2.24) is 15.3 Å². The fourth-order valence-electron chi connectivity index (χ4n) is 5.95. The predicted octanol–water partition coefficient (Wildman–Crippen LogP) is 5.67. The highest BCUT2D eigenvalue weighted by atomic mass is 35.5. The van der Waals surface area contributed by atoms with Crippen LogP contribution in [-0.2, 0) is 22.0 Å². The Kier molecular flexibility index (Phi) is 8.03. The second kappa shape index (κ2) is 11.6. The second-order valence-electron chi connectivity index (χ2n) is 12.1. The van der Waals surface area contributed by atoms with Crippen LogP contribution in [-0.4, -0.2) is 47.2 Å². The lowest BCUT2D eigenvalue weighted by Crippen LogP contribution is -2.49. The van der Waals surface area contributed by atoms with Gasteiger partial charge in [-0.05, 0) is 68.1 Å². The molecule has 0 spiro atoms. The molecule has 2 aromatic carbocycles. The van der Waals surface area contributed by atoms with E-state index in [0.717, 1.165) is 18.6 Å². The van der Waals surface area contributed by atoms with Crippen molar-refractivity contribution in [1.29, 1.82) is 0 Å². The van der Waals surface area contributed by atoms with Crippen LogP contribution in [0.3, 0.4) is 0 Å². The molecule has 4 N–H and O–H groups in total. The summed E-state index contributed by atoms with van der Waals surface area (Å²) in [6.45, 7) is 1.15. The first kappa shape index (κ1) is 32.5. The number of ether oxygens (including phenoxy) is 2. The molecule has 1 fully saturated rings. The van der Waals surface area contributed by atoms with Gasteiger partial charge in [0.05, 0.1) is 29.9 Å². The molecule has 246 valence electrons. The molecule has 1 aliphatic carbocycles. The number of nitrogens with zero attached hydrogens (tertiary/aromatic N) is 2. The fraction of sp³-hybridized carbons (Fsp3) is 0.333. The van der Waals surface area contributed by atoms with Crippen molar-refractivity contribution in [3.63, 3.8) is 0 Å². The zero-order valence-electron chi connectivity index (χ0n) is 25.2. The van der Waals surface area contributed by atoms with Gasteiger partial charge in [0.1, 0.15) is 46.1 Å². The van der Waals surface area contributed by atoms with Crippen molar-refractivity contribution in [2.75, 3.05) is 20.3 Å². The number of carbonyl (C=O) groups excluding carboxylic acids is 2. The van der Waals surface area contributed by atoms with Gasteiger partial charge < -0.3 is 25.6 Å². The van der Waals surface area contributed by atoms with Crippen molar-refractivity contribution < 1.29 is 41.7 Å². The molecule has 4 aromatic rings. The maximum Gasteiger partial charge on any atom is 0.417 e. The van der Waals surface area contributed by atoms with Gasteiger partial charge in [0.15, 0.2) is 0 Å². The summed E-state index contributed by atoms with van der Waals surface area (Å²) in [7, 11) is 1.31. The summed E-state index contributed by atoms with van der Waals surface area (Å²) in [6.07, 6.45) is -1.95. The summed E-state index contributed by atoms with van der Waals surface area (Å²) >= 11 is 6.08. The van der Waals surface area contributed by atoms with Crippen LogP contribution in [0.1, 0.15) is 53.4 Å². The average molecular weight is 673 g/mol. The summed E-state index contributed by atoms with van der Waals surface area (Å²) < 4.78 is 65.5. The number of hydrogen-bond acceptors (Lipinski definition) is 7. The minimum Gasteiger partial charge on any atom is -0.494 e. The summed E-state index contributed by atoms with van der Waals surface area (Å²) in [6, 6.07) is 8.97. The third-order valence-corrected chi connectivity index (χ3v) is 9.40. The van der Waals surface area contributed by atoms with E-state index in [9.17, 15) is 32.3 Å². The quantitative estimate of drug-likeness (QED) is 0.205. The molecule has 1 saturated carbocycles. The lowest BCUT2D eigenvalue weighted by molar-refractivity contribution is -0.137. The van der Waals surface area contributed by atoms with Crippen molar-refractivity contribution >= 4 is 34.3 Å². The number of hydrogen-bond donors (Lipinski definition) is 3. The van der Waals surface area contributed by atoms with E-state index in [4.69, 9.17) is 31.8 Å². The molecule has 2 amide bonds. The number of aromatic nitrogens is 2. The molecule has 1 aliphatic heterocycles. The largest absolute Gasteiger partial charge is 0.494 e. The van der Waals surface area contributed by atoms with E-state index < -0.39 is 40.4 Å². The van der Waals surface area contributed by atoms with Crippen LogP contribution in [0.25, 0.3) is 22.2 Å². The van der Waals surface area contributed by atoms with E-state index in [1.807, 2.05) is 0 Å². The highest BCUT2D eigenvalue weighted by Crippen LogP contribution is 2.49. The number of rotatable bonds is 8. The summed E-state index contributed by atoms with van der Waals surface area (Å²) in [4.78, 5) is 34.8. The van der Waals surface area contributed by atoms with Gasteiger partial charge in [-0.2, -0.15) is 13.2 Å². The van der Waals surface area contributed by atoms with Crippen molar-refractivity contribution in [2.45, 2.75) is 43.4 Å². The Morgan fingerprint density at radius 1 is 1.19 bits per heavy atom. The molecule has 0 radical (unpaired) electrons. The summed E-state index contributed by atoms with van der Waals surface area (Å²) in [5, 5.41) is 14.9. The van der Waals surface area contributed by atoms with Gasteiger partial charge in [0.2, 0.25) is 5.91 Å². The van der Waals surface area contributed by atoms with Crippen molar-refractivity contribution in [3.05, 3.63) is 81.9 Å². The predicted molar refractivity (Wildman–Crippen MR) is 164 cm³/mol. The minimum atomic E-state index is -4.65. The lowest BCUT2D eigenvalue weighted by Gasteiger charge is -2.41. The van der Waals surface area contributed by atoms with E-state index in [1.165, 1.54) is 37.4 Å². The third-order valence-electron chi connectivity index (χ3n) is 9.11. The highest BCUT2D eigenvalue weighted by molar-refractivity contribution is 6.31. The van der Waals surface area contributed by atoms with Gasteiger partial charge >= 0.3 is 6.18 Å². The standard InChI is InChI=1S/C33H29ClF4N4O5/c1-31(30(39)44)15-47-28-21(31)12-25(42-27(28)16-6-7-23(35)22(34)10-16)32(45,19-4-3-5-19)14-41-29(43)18-8-17-9-20(33(36,37)38)13-40-26(17)24(11-18)46-2/h6-13,19,45H,3-5,14-15H2,1-2H3,(H2,39,44)(H,41,43)/t31-,32+/m0/s1. The van der Waals surface area contributed by atoms with E-state index in [0.29, 0.717) is 30.2 Å². The number of nitrogens with one attached hydrogen (secondary N) is 1. The molecule has 2 aliphatic rings. The SMILES string of the molecule is COc1cc(C(=O)NC[C@](O)(c2cc3c(c(-c4ccc(F)c(Cl)c4)n2)OC[C@]3(C)C(N)=O)C2CCC2)cc2cc(C(F)(F)F)cnc12. The zero-order chi connectivity index (χ0) is 33.9. The van der Waals surface area contributed by atoms with Crippen LogP contribution in [0, 0.1) is 11.7 Å². The number of carbonyl (C=O) groups is 2.